The number of hydrogen-bond acceptors (Lipinski definition) is 5. The van der Waals surface area contributed by atoms with Gasteiger partial charge < -0.3 is 14.6 Å². The van der Waals surface area contributed by atoms with Crippen molar-refractivity contribution in [2.24, 2.45) is 11.8 Å². The van der Waals surface area contributed by atoms with Gasteiger partial charge in [0, 0.05) is 31.6 Å². The lowest BCUT2D eigenvalue weighted by molar-refractivity contribution is 0.0890. The monoisotopic (exact) mass is 340 g/mol. The fourth-order valence-corrected chi connectivity index (χ4v) is 5.93. The lowest BCUT2D eigenvalue weighted by Gasteiger charge is -2.33. The lowest BCUT2D eigenvalue weighted by atomic mass is 9.95. The zero-order chi connectivity index (χ0) is 16.6. The van der Waals surface area contributed by atoms with Gasteiger partial charge >= 0.3 is 0 Å². The molecule has 2 fully saturated rings. The largest absolute Gasteiger partial charge is 0.459 e. The van der Waals surface area contributed by atoms with Crippen LogP contribution in [0.15, 0.2) is 22.8 Å². The molecule has 1 aromatic heterocycles. The van der Waals surface area contributed by atoms with Crippen LogP contribution >= 0.6 is 0 Å². The SMILES string of the molecule is CC(C)CN1C[C@@H]2[C@@H](NC(=O)c3ccco3)CCS(=O)(=O)[C@H]2C1. The molecule has 0 unspecified atom stereocenters. The molecule has 1 N–H and O–H groups in total. The van der Waals surface area contributed by atoms with E-state index < -0.39 is 9.84 Å². The molecule has 23 heavy (non-hydrogen) atoms. The average molecular weight is 340 g/mol. The molecule has 7 heteroatoms. The Morgan fingerprint density at radius 2 is 2.22 bits per heavy atom. The molecule has 3 heterocycles. The molecule has 3 atom stereocenters. The number of furan rings is 1. The highest BCUT2D eigenvalue weighted by Crippen LogP contribution is 2.33. The quantitative estimate of drug-likeness (QED) is 0.889. The minimum absolute atomic E-state index is 0.0357. The van der Waals surface area contributed by atoms with Crippen molar-refractivity contribution in [1.29, 1.82) is 0 Å². The third kappa shape index (κ3) is 3.45. The van der Waals surface area contributed by atoms with Gasteiger partial charge in [0.1, 0.15) is 0 Å². The van der Waals surface area contributed by atoms with E-state index in [9.17, 15) is 13.2 Å². The van der Waals surface area contributed by atoms with Crippen LogP contribution in [0.2, 0.25) is 0 Å². The van der Waals surface area contributed by atoms with Crippen LogP contribution in [0.1, 0.15) is 30.8 Å². The van der Waals surface area contributed by atoms with Gasteiger partial charge in [-0.2, -0.15) is 0 Å². The van der Waals surface area contributed by atoms with E-state index in [1.807, 2.05) is 0 Å². The Balaban J connectivity index is 1.74. The Morgan fingerprint density at radius 1 is 1.43 bits per heavy atom. The van der Waals surface area contributed by atoms with E-state index in [0.29, 0.717) is 18.9 Å². The van der Waals surface area contributed by atoms with Crippen molar-refractivity contribution in [2.75, 3.05) is 25.4 Å². The second kappa shape index (κ2) is 6.28. The van der Waals surface area contributed by atoms with Gasteiger partial charge in [-0.1, -0.05) is 13.8 Å². The molecule has 3 rings (SSSR count). The van der Waals surface area contributed by atoms with Gasteiger partial charge in [0.2, 0.25) is 0 Å². The summed E-state index contributed by atoms with van der Waals surface area (Å²) in [5.74, 6) is 0.611. The number of hydrogen-bond donors (Lipinski definition) is 1. The summed E-state index contributed by atoms with van der Waals surface area (Å²) in [5.41, 5.74) is 0. The zero-order valence-corrected chi connectivity index (χ0v) is 14.4. The van der Waals surface area contributed by atoms with Crippen LogP contribution in [0.3, 0.4) is 0 Å². The number of amides is 1. The summed E-state index contributed by atoms with van der Waals surface area (Å²) in [6, 6.07) is 3.17. The van der Waals surface area contributed by atoms with E-state index in [4.69, 9.17) is 4.42 Å². The molecule has 2 aliphatic rings. The second-order valence-corrected chi connectivity index (χ2v) is 9.37. The number of sulfone groups is 1. The van der Waals surface area contributed by atoms with Crippen LogP contribution in [0.5, 0.6) is 0 Å². The predicted molar refractivity (Wildman–Crippen MR) is 86.9 cm³/mol. The fraction of sp³-hybridized carbons (Fsp3) is 0.688. The van der Waals surface area contributed by atoms with Gasteiger partial charge in [0.05, 0.1) is 17.3 Å². The molecule has 6 nitrogen and oxygen atoms in total. The molecule has 0 radical (unpaired) electrons. The summed E-state index contributed by atoms with van der Waals surface area (Å²) in [6.07, 6.45) is 1.94. The van der Waals surface area contributed by atoms with Gasteiger partial charge in [0.25, 0.3) is 5.91 Å². The molecule has 1 amide bonds. The van der Waals surface area contributed by atoms with E-state index in [0.717, 1.165) is 13.1 Å². The maximum Gasteiger partial charge on any atom is 0.287 e. The second-order valence-electron chi connectivity index (χ2n) is 7.03. The van der Waals surface area contributed by atoms with Crippen molar-refractivity contribution in [3.8, 4) is 0 Å². The average Bonchev–Trinajstić information content (AvgIpc) is 3.10. The smallest absolute Gasteiger partial charge is 0.287 e. The van der Waals surface area contributed by atoms with Crippen molar-refractivity contribution in [1.82, 2.24) is 10.2 Å². The molecular formula is C16H24N2O4S. The number of likely N-dealkylation sites (tertiary alicyclic amines) is 1. The van der Waals surface area contributed by atoms with E-state index in [2.05, 4.69) is 24.1 Å². The van der Waals surface area contributed by atoms with Gasteiger partial charge in [-0.15, -0.1) is 0 Å². The zero-order valence-electron chi connectivity index (χ0n) is 13.6. The Labute approximate surface area is 137 Å². The standard InChI is InChI=1S/C16H24N2O4S/c1-11(2)8-18-9-12-13(5-7-23(20,21)15(12)10-18)17-16(19)14-4-3-6-22-14/h3-4,6,11-13,15H,5,7-10H2,1-2H3,(H,17,19)/t12-,13+,15+/m1/s1. The Morgan fingerprint density at radius 3 is 2.87 bits per heavy atom. The first-order valence-corrected chi connectivity index (χ1v) is 9.86. The minimum atomic E-state index is -3.07. The van der Waals surface area contributed by atoms with Crippen LogP contribution in [0.4, 0.5) is 0 Å². The van der Waals surface area contributed by atoms with Crippen molar-refractivity contribution in [3.05, 3.63) is 24.2 Å². The van der Waals surface area contributed by atoms with Crippen LogP contribution in [-0.4, -0.2) is 55.9 Å². The Hall–Kier alpha value is -1.34. The van der Waals surface area contributed by atoms with E-state index in [1.54, 1.807) is 12.1 Å². The highest BCUT2D eigenvalue weighted by atomic mass is 32.2. The van der Waals surface area contributed by atoms with Crippen LogP contribution in [-0.2, 0) is 9.84 Å². The molecule has 128 valence electrons. The number of carbonyl (C=O) groups excluding carboxylic acids is 1. The highest BCUT2D eigenvalue weighted by Gasteiger charge is 2.48. The molecular weight excluding hydrogens is 316 g/mol. The molecule has 2 saturated heterocycles. The van der Waals surface area contributed by atoms with Crippen molar-refractivity contribution < 1.29 is 17.6 Å². The molecule has 0 spiro atoms. The fourth-order valence-electron chi connectivity index (χ4n) is 3.79. The van der Waals surface area contributed by atoms with Gasteiger partial charge in [-0.3, -0.25) is 4.79 Å². The summed E-state index contributed by atoms with van der Waals surface area (Å²) in [7, 11) is -3.07. The van der Waals surface area contributed by atoms with Crippen LogP contribution in [0, 0.1) is 11.8 Å². The summed E-state index contributed by atoms with van der Waals surface area (Å²) < 4.78 is 29.9. The Kier molecular flexibility index (Phi) is 4.51. The topological polar surface area (TPSA) is 79.6 Å². The minimum Gasteiger partial charge on any atom is -0.459 e. The van der Waals surface area contributed by atoms with Crippen molar-refractivity contribution >= 4 is 15.7 Å². The molecule has 2 aliphatic heterocycles. The highest BCUT2D eigenvalue weighted by molar-refractivity contribution is 7.92. The van der Waals surface area contributed by atoms with Crippen molar-refractivity contribution in [3.63, 3.8) is 0 Å². The maximum atomic E-state index is 12.4. The first kappa shape index (κ1) is 16.5. The molecule has 0 saturated carbocycles. The molecule has 1 aromatic rings. The molecule has 0 bridgehead atoms. The van der Waals surface area contributed by atoms with Gasteiger partial charge in [-0.25, -0.2) is 8.42 Å². The third-order valence-electron chi connectivity index (χ3n) is 4.76. The third-order valence-corrected chi connectivity index (χ3v) is 6.99. The van der Waals surface area contributed by atoms with E-state index in [1.165, 1.54) is 6.26 Å². The van der Waals surface area contributed by atoms with Crippen molar-refractivity contribution in [2.45, 2.75) is 31.6 Å². The van der Waals surface area contributed by atoms with E-state index >= 15 is 0 Å². The number of nitrogens with one attached hydrogen (secondary N) is 1. The molecule has 0 aliphatic carbocycles. The summed E-state index contributed by atoms with van der Waals surface area (Å²) >= 11 is 0. The van der Waals surface area contributed by atoms with Crippen LogP contribution in [0.25, 0.3) is 0 Å². The predicted octanol–water partition coefficient (Wildman–Crippen LogP) is 1.15. The first-order valence-electron chi connectivity index (χ1n) is 8.15. The summed E-state index contributed by atoms with van der Waals surface area (Å²) in [4.78, 5) is 14.4. The van der Waals surface area contributed by atoms with E-state index in [-0.39, 0.29) is 34.6 Å². The molecule has 0 aromatic carbocycles. The Bertz CT molecular complexity index is 654. The number of nitrogens with zero attached hydrogens (tertiary/aromatic N) is 1. The maximum absolute atomic E-state index is 12.4. The number of rotatable bonds is 4. The normalized spacial score (nSPS) is 30.3. The number of fused-ring (bicyclic) bond motifs is 1. The number of carbonyl (C=O) groups is 1. The van der Waals surface area contributed by atoms with Crippen LogP contribution < -0.4 is 5.32 Å². The summed E-state index contributed by atoms with van der Waals surface area (Å²) in [5, 5.41) is 2.62. The summed E-state index contributed by atoms with van der Waals surface area (Å²) in [6.45, 7) is 6.46. The van der Waals surface area contributed by atoms with Gasteiger partial charge in [-0.05, 0) is 24.5 Å². The lowest BCUT2D eigenvalue weighted by Crippen LogP contribution is -2.51. The van der Waals surface area contributed by atoms with Gasteiger partial charge in [0.15, 0.2) is 15.6 Å². The first-order chi connectivity index (χ1) is 10.9.